The van der Waals surface area contributed by atoms with Crippen LogP contribution in [-0.4, -0.2) is 32.2 Å². The number of hydrogen-bond donors (Lipinski definition) is 3. The highest BCUT2D eigenvalue weighted by Gasteiger charge is 2.20. The third-order valence-electron chi connectivity index (χ3n) is 4.98. The molecule has 1 fully saturated rings. The predicted octanol–water partition coefficient (Wildman–Crippen LogP) is 3.49. The number of carbonyl (C=O) groups is 1. The lowest BCUT2D eigenvalue weighted by Gasteiger charge is -2.16. The molecule has 152 valence electrons. The second-order valence-electron chi connectivity index (χ2n) is 7.13. The first-order valence-electron chi connectivity index (χ1n) is 9.75. The van der Waals surface area contributed by atoms with Crippen molar-refractivity contribution in [3.8, 4) is 11.3 Å². The highest BCUT2D eigenvalue weighted by molar-refractivity contribution is 6.07. The van der Waals surface area contributed by atoms with E-state index in [0.717, 1.165) is 43.0 Å². The van der Waals surface area contributed by atoms with Gasteiger partial charge in [0.1, 0.15) is 11.5 Å². The van der Waals surface area contributed by atoms with Crippen LogP contribution in [0.4, 0.5) is 5.82 Å². The summed E-state index contributed by atoms with van der Waals surface area (Å²) in [7, 11) is 0. The Hall–Kier alpha value is -3.88. The number of aromatic nitrogens is 3. The van der Waals surface area contributed by atoms with Gasteiger partial charge in [-0.3, -0.25) is 14.6 Å². The van der Waals surface area contributed by atoms with Crippen molar-refractivity contribution in [2.24, 2.45) is 5.18 Å². The van der Waals surface area contributed by atoms with E-state index in [1.807, 2.05) is 36.5 Å². The van der Waals surface area contributed by atoms with Crippen molar-refractivity contribution in [1.29, 1.82) is 5.41 Å². The largest absolute Gasteiger partial charge is 0.378 e. The Bertz CT molecular complexity index is 1110. The minimum absolute atomic E-state index is 0.126. The average Bonchev–Trinajstić information content (AvgIpc) is 3.43. The first kappa shape index (κ1) is 19.4. The van der Waals surface area contributed by atoms with E-state index in [4.69, 9.17) is 5.41 Å². The fourth-order valence-corrected chi connectivity index (χ4v) is 3.50. The molecule has 1 aliphatic rings. The third kappa shape index (κ3) is 4.40. The molecule has 9 heteroatoms. The third-order valence-corrected chi connectivity index (χ3v) is 4.98. The van der Waals surface area contributed by atoms with E-state index >= 15 is 0 Å². The van der Waals surface area contributed by atoms with Crippen LogP contribution in [0, 0.1) is 10.3 Å². The molecule has 1 aromatic carbocycles. The van der Waals surface area contributed by atoms with Crippen molar-refractivity contribution in [2.75, 3.05) is 5.32 Å². The second-order valence-corrected chi connectivity index (χ2v) is 7.13. The lowest BCUT2D eigenvalue weighted by Crippen LogP contribution is -2.33. The number of benzene rings is 1. The summed E-state index contributed by atoms with van der Waals surface area (Å²) in [6.07, 6.45) is 8.81. The summed E-state index contributed by atoms with van der Waals surface area (Å²) in [5.41, 5.74) is 1.88. The minimum Gasteiger partial charge on any atom is -0.378 e. The van der Waals surface area contributed by atoms with Crippen LogP contribution in [0.25, 0.3) is 17.0 Å². The lowest BCUT2D eigenvalue weighted by atomic mass is 10.2. The van der Waals surface area contributed by atoms with E-state index in [2.05, 4.69) is 25.8 Å². The van der Waals surface area contributed by atoms with Crippen LogP contribution < -0.4 is 10.6 Å². The normalized spacial score (nSPS) is 14.6. The number of rotatable bonds is 6. The minimum atomic E-state index is -0.519. The lowest BCUT2D eigenvalue weighted by molar-refractivity contribution is -0.113. The fraction of sp³-hybridized carbons (Fsp3) is 0.238. The number of nitroso groups, excluding NO2 is 1. The Morgan fingerprint density at radius 1 is 1.17 bits per heavy atom. The predicted molar refractivity (Wildman–Crippen MR) is 114 cm³/mol. The maximum Gasteiger partial charge on any atom is 0.273 e. The quantitative estimate of drug-likeness (QED) is 0.251. The Labute approximate surface area is 172 Å². The van der Waals surface area contributed by atoms with Crippen molar-refractivity contribution in [3.05, 3.63) is 65.5 Å². The first-order chi connectivity index (χ1) is 14.6. The number of fused-ring (bicyclic) bond motifs is 1. The number of amidine groups is 1. The van der Waals surface area contributed by atoms with Crippen molar-refractivity contribution in [1.82, 2.24) is 19.7 Å². The molecule has 3 N–H and O–H groups in total. The number of imidazole rings is 1. The van der Waals surface area contributed by atoms with Gasteiger partial charge in [0, 0.05) is 30.1 Å². The number of hydrogen-bond acceptors (Lipinski definition) is 6. The zero-order chi connectivity index (χ0) is 20.9. The van der Waals surface area contributed by atoms with Gasteiger partial charge in [0.05, 0.1) is 5.69 Å². The number of nitrogens with zero attached hydrogens (tertiary/aromatic N) is 4. The molecule has 1 saturated carbocycles. The van der Waals surface area contributed by atoms with Crippen LogP contribution in [0.1, 0.15) is 25.7 Å². The molecular weight excluding hydrogens is 382 g/mol. The van der Waals surface area contributed by atoms with Crippen LogP contribution in [0.15, 0.2) is 65.7 Å². The summed E-state index contributed by atoms with van der Waals surface area (Å²) in [5, 5.41) is 15.9. The molecule has 4 rings (SSSR count). The maximum atomic E-state index is 12.8. The number of anilines is 1. The Morgan fingerprint density at radius 2 is 1.93 bits per heavy atom. The molecule has 1 amide bonds. The summed E-state index contributed by atoms with van der Waals surface area (Å²) in [4.78, 5) is 32.3. The number of nitrogens with one attached hydrogen (secondary N) is 3. The molecule has 1 aliphatic carbocycles. The van der Waals surface area contributed by atoms with Crippen LogP contribution in [-0.2, 0) is 4.79 Å². The van der Waals surface area contributed by atoms with Crippen molar-refractivity contribution in [2.45, 2.75) is 31.7 Å². The van der Waals surface area contributed by atoms with Gasteiger partial charge in [0.2, 0.25) is 5.78 Å². The van der Waals surface area contributed by atoms with Crippen LogP contribution >= 0.6 is 0 Å². The molecule has 0 atom stereocenters. The van der Waals surface area contributed by atoms with Crippen molar-refractivity contribution >= 4 is 23.3 Å². The number of amides is 1. The topological polar surface area (TPSA) is 125 Å². The molecule has 9 nitrogen and oxygen atoms in total. The highest BCUT2D eigenvalue weighted by atomic mass is 16.3. The molecule has 0 spiro atoms. The summed E-state index contributed by atoms with van der Waals surface area (Å²) in [5.74, 6) is -0.234. The van der Waals surface area contributed by atoms with Gasteiger partial charge in [-0.05, 0) is 24.1 Å². The summed E-state index contributed by atoms with van der Waals surface area (Å²) in [6.45, 7) is 0. The van der Waals surface area contributed by atoms with E-state index in [1.165, 1.54) is 0 Å². The van der Waals surface area contributed by atoms with Gasteiger partial charge in [-0.1, -0.05) is 43.2 Å². The van der Waals surface area contributed by atoms with Crippen LogP contribution in [0.2, 0.25) is 0 Å². The Kier molecular flexibility index (Phi) is 5.60. The number of carbonyl (C=O) groups excluding carboxylic acids is 1. The van der Waals surface area contributed by atoms with Gasteiger partial charge in [0.15, 0.2) is 5.84 Å². The molecule has 30 heavy (non-hydrogen) atoms. The van der Waals surface area contributed by atoms with Gasteiger partial charge < -0.3 is 10.6 Å². The molecule has 0 radical (unpaired) electrons. The van der Waals surface area contributed by atoms with Gasteiger partial charge in [-0.25, -0.2) is 4.98 Å². The molecule has 0 saturated heterocycles. The molecule has 2 aromatic heterocycles. The summed E-state index contributed by atoms with van der Waals surface area (Å²) >= 11 is 0. The maximum absolute atomic E-state index is 12.8. The van der Waals surface area contributed by atoms with Gasteiger partial charge in [0.25, 0.3) is 5.91 Å². The molecule has 0 bridgehead atoms. The zero-order valence-corrected chi connectivity index (χ0v) is 16.2. The van der Waals surface area contributed by atoms with Crippen molar-refractivity contribution in [3.63, 3.8) is 0 Å². The molecule has 0 unspecified atom stereocenters. The molecular formula is C21H21N7O2. The van der Waals surface area contributed by atoms with E-state index in [-0.39, 0.29) is 11.7 Å². The van der Waals surface area contributed by atoms with Crippen LogP contribution in [0.3, 0.4) is 0 Å². The SMILES string of the molecule is N=C(C=C(NC1CCCC1)C(=O)Nc1ccn2cc(-c3ccccc3)nc2n1)N=O. The molecule has 0 aliphatic heterocycles. The van der Waals surface area contributed by atoms with Gasteiger partial charge in [-0.2, -0.15) is 4.98 Å². The Morgan fingerprint density at radius 3 is 2.67 bits per heavy atom. The summed E-state index contributed by atoms with van der Waals surface area (Å²) in [6, 6.07) is 11.6. The summed E-state index contributed by atoms with van der Waals surface area (Å²) < 4.78 is 1.78. The van der Waals surface area contributed by atoms with Gasteiger partial charge in [-0.15, -0.1) is 4.91 Å². The van der Waals surface area contributed by atoms with Crippen molar-refractivity contribution < 1.29 is 4.79 Å². The van der Waals surface area contributed by atoms with Gasteiger partial charge >= 0.3 is 0 Å². The van der Waals surface area contributed by atoms with E-state index < -0.39 is 11.7 Å². The second kappa shape index (κ2) is 8.64. The van der Waals surface area contributed by atoms with E-state index in [0.29, 0.717) is 11.6 Å². The average molecular weight is 403 g/mol. The molecule has 3 aromatic rings. The Balaban J connectivity index is 1.55. The van der Waals surface area contributed by atoms with E-state index in [9.17, 15) is 9.70 Å². The fourth-order valence-electron chi connectivity index (χ4n) is 3.50. The van der Waals surface area contributed by atoms with E-state index in [1.54, 1.807) is 16.7 Å². The first-order valence-corrected chi connectivity index (χ1v) is 9.75. The van der Waals surface area contributed by atoms with Crippen LogP contribution in [0.5, 0.6) is 0 Å². The zero-order valence-electron chi connectivity index (χ0n) is 16.2. The monoisotopic (exact) mass is 403 g/mol. The smallest absolute Gasteiger partial charge is 0.273 e. The highest BCUT2D eigenvalue weighted by Crippen LogP contribution is 2.20. The molecule has 2 heterocycles. The standard InChI is InChI=1S/C21H21N7O2/c22-18(27-30)12-16(23-15-8-4-5-9-15)20(29)25-19-10-11-28-13-17(24-21(28)26-19)14-6-2-1-3-7-14/h1-3,6-7,10-13,15,22-23H,4-5,8-9H2,(H,24,25,26,29).